The molecule has 0 unspecified atom stereocenters. The Labute approximate surface area is 171 Å². The molecule has 0 spiro atoms. The van der Waals surface area contributed by atoms with E-state index in [-0.39, 0.29) is 15.9 Å². The van der Waals surface area contributed by atoms with Gasteiger partial charge in [-0.3, -0.25) is 9.78 Å². The Kier molecular flexibility index (Phi) is 5.59. The summed E-state index contributed by atoms with van der Waals surface area (Å²) in [6, 6.07) is 8.06. The fourth-order valence-electron chi connectivity index (χ4n) is 3.28. The first-order valence-corrected chi connectivity index (χ1v) is 10.7. The second kappa shape index (κ2) is 8.32. The molecule has 30 heavy (non-hydrogen) atoms. The first kappa shape index (κ1) is 20.2. The van der Waals surface area contributed by atoms with E-state index in [1.54, 1.807) is 12.4 Å². The molecule has 1 atom stereocenters. The van der Waals surface area contributed by atoms with Crippen molar-refractivity contribution in [3.63, 3.8) is 0 Å². The maximum absolute atomic E-state index is 14.5. The first-order chi connectivity index (χ1) is 14.5. The van der Waals surface area contributed by atoms with Gasteiger partial charge in [0.1, 0.15) is 10.4 Å². The summed E-state index contributed by atoms with van der Waals surface area (Å²) in [5, 5.41) is 7.15. The van der Waals surface area contributed by atoms with Crippen molar-refractivity contribution in [2.24, 2.45) is 0 Å². The van der Waals surface area contributed by atoms with Crippen LogP contribution in [0.25, 0.3) is 11.0 Å². The minimum Gasteiger partial charge on any atom is -0.368 e. The number of sulfonamides is 1. The quantitative estimate of drug-likeness (QED) is 0.598. The number of rotatable bonds is 6. The second-order valence-corrected chi connectivity index (χ2v) is 8.46. The van der Waals surface area contributed by atoms with Crippen LogP contribution in [0.4, 0.5) is 10.1 Å². The van der Waals surface area contributed by atoms with Crippen LogP contribution in [-0.4, -0.2) is 73.4 Å². The Morgan fingerprint density at radius 1 is 1.13 bits per heavy atom. The predicted molar refractivity (Wildman–Crippen MR) is 105 cm³/mol. The molecule has 2 aromatic heterocycles. The number of nitrogens with one attached hydrogen (secondary N) is 1. The number of carbonyl (C=O) groups excluding carboxylic acids is 1. The number of amides is 1. The minimum absolute atomic E-state index is 0.0407. The Hall–Kier alpha value is -3.12. The fourth-order valence-corrected chi connectivity index (χ4v) is 4.46. The van der Waals surface area contributed by atoms with Gasteiger partial charge < -0.3 is 9.80 Å². The van der Waals surface area contributed by atoms with E-state index >= 15 is 0 Å². The lowest BCUT2D eigenvalue weighted by Gasteiger charge is -2.36. The normalized spacial score (nSPS) is 16.0. The Morgan fingerprint density at radius 2 is 1.87 bits per heavy atom. The summed E-state index contributed by atoms with van der Waals surface area (Å²) in [6.45, 7) is 1.12. The van der Waals surface area contributed by atoms with E-state index in [4.69, 9.17) is 0 Å². The van der Waals surface area contributed by atoms with Gasteiger partial charge in [0.15, 0.2) is 11.7 Å². The summed E-state index contributed by atoms with van der Waals surface area (Å²) in [5.74, 6) is -0.742. The summed E-state index contributed by atoms with van der Waals surface area (Å²) in [4.78, 5) is 19.7. The number of carbonyl (C=O) groups is 1. The SMILES string of the molecule is O=C([C@H](F)CNS(=O)(=O)c1cccc2nonc12)N1CCN(c2ccncc2)CC1. The third-order valence-corrected chi connectivity index (χ3v) is 6.33. The van der Waals surface area contributed by atoms with Crippen molar-refractivity contribution >= 4 is 32.7 Å². The largest absolute Gasteiger partial charge is 0.368 e. The number of pyridine rings is 1. The van der Waals surface area contributed by atoms with Crippen LogP contribution >= 0.6 is 0 Å². The molecule has 1 aliphatic heterocycles. The third-order valence-electron chi connectivity index (χ3n) is 4.88. The zero-order valence-electron chi connectivity index (χ0n) is 15.8. The Bertz CT molecular complexity index is 1130. The smallest absolute Gasteiger partial charge is 0.258 e. The lowest BCUT2D eigenvalue weighted by molar-refractivity contribution is -0.136. The molecular weight excluding hydrogens is 415 g/mol. The molecule has 158 valence electrons. The molecule has 3 heterocycles. The molecule has 1 N–H and O–H groups in total. The fraction of sp³-hybridized carbons (Fsp3) is 0.333. The monoisotopic (exact) mass is 434 g/mol. The van der Waals surface area contributed by atoms with Crippen molar-refractivity contribution in [3.05, 3.63) is 42.7 Å². The average molecular weight is 434 g/mol. The number of fused-ring (bicyclic) bond motifs is 1. The van der Waals surface area contributed by atoms with Crippen LogP contribution in [0.3, 0.4) is 0 Å². The number of hydrogen-bond acceptors (Lipinski definition) is 8. The molecule has 0 saturated carbocycles. The summed E-state index contributed by atoms with van der Waals surface area (Å²) in [6.07, 6.45) is 1.38. The maximum Gasteiger partial charge on any atom is 0.258 e. The summed E-state index contributed by atoms with van der Waals surface area (Å²) >= 11 is 0. The average Bonchev–Trinajstić information content (AvgIpc) is 3.26. The van der Waals surface area contributed by atoms with E-state index < -0.39 is 28.6 Å². The molecule has 4 rings (SSSR count). The molecule has 0 bridgehead atoms. The van der Waals surface area contributed by atoms with Crippen LogP contribution in [0, 0.1) is 0 Å². The van der Waals surface area contributed by atoms with Gasteiger partial charge in [0.05, 0.1) is 6.54 Å². The first-order valence-electron chi connectivity index (χ1n) is 9.24. The van der Waals surface area contributed by atoms with Gasteiger partial charge >= 0.3 is 0 Å². The van der Waals surface area contributed by atoms with Crippen LogP contribution in [0.1, 0.15) is 0 Å². The summed E-state index contributed by atoms with van der Waals surface area (Å²) in [5.41, 5.74) is 1.29. The molecule has 1 saturated heterocycles. The number of nitrogens with zero attached hydrogens (tertiary/aromatic N) is 5. The number of aromatic nitrogens is 3. The zero-order valence-corrected chi connectivity index (χ0v) is 16.6. The van der Waals surface area contributed by atoms with Crippen LogP contribution < -0.4 is 9.62 Å². The molecule has 1 aliphatic rings. The lowest BCUT2D eigenvalue weighted by Crippen LogP contribution is -2.52. The van der Waals surface area contributed by atoms with E-state index in [0.29, 0.717) is 26.2 Å². The van der Waals surface area contributed by atoms with Crippen LogP contribution in [0.15, 0.2) is 52.3 Å². The number of hydrogen-bond donors (Lipinski definition) is 1. The molecule has 3 aromatic rings. The van der Waals surface area contributed by atoms with Crippen molar-refractivity contribution < 1.29 is 22.2 Å². The number of halogens is 1. The third kappa shape index (κ3) is 4.09. The number of alkyl halides is 1. The highest BCUT2D eigenvalue weighted by atomic mass is 32.2. The van der Waals surface area contributed by atoms with E-state index in [9.17, 15) is 17.6 Å². The van der Waals surface area contributed by atoms with Crippen LogP contribution in [0.5, 0.6) is 0 Å². The molecule has 10 nitrogen and oxygen atoms in total. The van der Waals surface area contributed by atoms with Crippen LogP contribution in [-0.2, 0) is 14.8 Å². The molecule has 1 aromatic carbocycles. The maximum atomic E-state index is 14.5. The highest BCUT2D eigenvalue weighted by Crippen LogP contribution is 2.20. The van der Waals surface area contributed by atoms with Crippen molar-refractivity contribution in [2.45, 2.75) is 11.1 Å². The topological polar surface area (TPSA) is 122 Å². The lowest BCUT2D eigenvalue weighted by atomic mass is 10.2. The molecule has 1 fully saturated rings. The van der Waals surface area contributed by atoms with E-state index in [1.165, 1.54) is 23.1 Å². The molecular formula is C18H19FN6O4S. The van der Waals surface area contributed by atoms with Gasteiger partial charge in [-0.1, -0.05) is 6.07 Å². The summed E-state index contributed by atoms with van der Waals surface area (Å²) in [7, 11) is -4.10. The van der Waals surface area contributed by atoms with Crippen molar-refractivity contribution in [2.75, 3.05) is 37.6 Å². The highest BCUT2D eigenvalue weighted by Gasteiger charge is 2.29. The predicted octanol–water partition coefficient (Wildman–Crippen LogP) is 0.583. The van der Waals surface area contributed by atoms with E-state index in [2.05, 4.69) is 29.5 Å². The van der Waals surface area contributed by atoms with Gasteiger partial charge in [0.2, 0.25) is 10.0 Å². The highest BCUT2D eigenvalue weighted by molar-refractivity contribution is 7.89. The molecule has 1 amide bonds. The van der Waals surface area contributed by atoms with Crippen molar-refractivity contribution in [1.29, 1.82) is 0 Å². The van der Waals surface area contributed by atoms with Gasteiger partial charge in [-0.2, -0.15) is 0 Å². The zero-order chi connectivity index (χ0) is 21.1. The number of benzene rings is 1. The molecule has 12 heteroatoms. The van der Waals surface area contributed by atoms with Gasteiger partial charge in [0, 0.05) is 44.3 Å². The van der Waals surface area contributed by atoms with Gasteiger partial charge in [-0.25, -0.2) is 22.2 Å². The molecule has 0 radical (unpaired) electrons. The van der Waals surface area contributed by atoms with Gasteiger partial charge in [-0.05, 0) is 34.6 Å². The Balaban J connectivity index is 1.34. The standard InChI is InChI=1S/C18H19FN6O4S/c19-14(12-21-30(27,28)16-3-1-2-15-17(16)23-29-22-15)18(26)25-10-8-24(9-11-25)13-4-6-20-7-5-13/h1-7,14,21H,8-12H2/t14-/m1/s1. The minimum atomic E-state index is -4.10. The van der Waals surface area contributed by atoms with E-state index in [1.807, 2.05) is 12.1 Å². The van der Waals surface area contributed by atoms with Gasteiger partial charge in [0.25, 0.3) is 5.91 Å². The van der Waals surface area contributed by atoms with Crippen LogP contribution in [0.2, 0.25) is 0 Å². The number of anilines is 1. The second-order valence-electron chi connectivity index (χ2n) is 6.73. The van der Waals surface area contributed by atoms with Crippen molar-refractivity contribution in [3.8, 4) is 0 Å². The van der Waals surface area contributed by atoms with E-state index in [0.717, 1.165) is 5.69 Å². The van der Waals surface area contributed by atoms with Crippen molar-refractivity contribution in [1.82, 2.24) is 24.9 Å². The number of piperazine rings is 1. The summed E-state index contributed by atoms with van der Waals surface area (Å²) < 4.78 is 46.2. The Morgan fingerprint density at radius 3 is 2.60 bits per heavy atom. The molecule has 0 aliphatic carbocycles. The van der Waals surface area contributed by atoms with Gasteiger partial charge in [-0.15, -0.1) is 0 Å².